The lowest BCUT2D eigenvalue weighted by molar-refractivity contribution is 0.199. The first-order valence-corrected chi connectivity index (χ1v) is 9.08. The standard InChI is InChI=1S/C17H24N6S/c1-13-16(24-22-21-13)11-19-17(18)20-15-7-9-23(10-8-15)12-14-5-3-2-4-6-14/h2-6,15H,7-12H2,1H3,(H3,18,19,20). The second-order valence-electron chi connectivity index (χ2n) is 6.16. The molecule has 1 aliphatic heterocycles. The zero-order valence-electron chi connectivity index (χ0n) is 14.0. The van der Waals surface area contributed by atoms with Crippen LogP contribution in [-0.4, -0.2) is 39.6 Å². The van der Waals surface area contributed by atoms with Crippen LogP contribution in [0.1, 0.15) is 29.0 Å². The molecule has 1 fully saturated rings. The van der Waals surface area contributed by atoms with E-state index >= 15 is 0 Å². The lowest BCUT2D eigenvalue weighted by Gasteiger charge is -2.32. The maximum Gasteiger partial charge on any atom is 0.189 e. The highest BCUT2D eigenvalue weighted by Crippen LogP contribution is 2.14. The minimum atomic E-state index is 0.404. The van der Waals surface area contributed by atoms with Crippen LogP contribution in [0.5, 0.6) is 0 Å². The number of piperidine rings is 1. The number of hydrogen-bond acceptors (Lipinski definition) is 5. The fourth-order valence-corrected chi connectivity index (χ4v) is 3.44. The monoisotopic (exact) mass is 344 g/mol. The average Bonchev–Trinajstić information content (AvgIpc) is 3.01. The third-order valence-corrected chi connectivity index (χ3v) is 5.14. The number of benzene rings is 1. The predicted molar refractivity (Wildman–Crippen MR) is 97.8 cm³/mol. The second-order valence-corrected chi connectivity index (χ2v) is 7.00. The average molecular weight is 344 g/mol. The van der Waals surface area contributed by atoms with Gasteiger partial charge < -0.3 is 11.1 Å². The molecule has 3 rings (SSSR count). The number of aromatic nitrogens is 2. The van der Waals surface area contributed by atoms with E-state index in [0.29, 0.717) is 18.5 Å². The molecule has 1 aliphatic rings. The summed E-state index contributed by atoms with van der Waals surface area (Å²) in [5, 5.41) is 7.34. The van der Waals surface area contributed by atoms with Gasteiger partial charge in [0.25, 0.3) is 0 Å². The van der Waals surface area contributed by atoms with Crippen LogP contribution >= 0.6 is 11.5 Å². The second kappa shape index (κ2) is 8.21. The fraction of sp³-hybridized carbons (Fsp3) is 0.471. The molecule has 0 atom stereocenters. The Balaban J connectivity index is 1.42. The van der Waals surface area contributed by atoms with Crippen LogP contribution in [0.3, 0.4) is 0 Å². The van der Waals surface area contributed by atoms with Crippen LogP contribution in [0.15, 0.2) is 35.3 Å². The molecule has 0 spiro atoms. The van der Waals surface area contributed by atoms with E-state index in [2.05, 4.69) is 55.1 Å². The smallest absolute Gasteiger partial charge is 0.189 e. The van der Waals surface area contributed by atoms with Crippen molar-refractivity contribution in [1.29, 1.82) is 0 Å². The summed E-state index contributed by atoms with van der Waals surface area (Å²) in [6.45, 7) is 5.68. The molecule has 1 aromatic carbocycles. The Kier molecular flexibility index (Phi) is 5.77. The lowest BCUT2D eigenvalue weighted by Crippen LogP contribution is -2.46. The minimum Gasteiger partial charge on any atom is -0.370 e. The van der Waals surface area contributed by atoms with Crippen LogP contribution in [0.2, 0.25) is 0 Å². The van der Waals surface area contributed by atoms with E-state index in [4.69, 9.17) is 5.73 Å². The molecule has 0 aliphatic carbocycles. The summed E-state index contributed by atoms with van der Waals surface area (Å²) in [5.74, 6) is 0.518. The molecule has 24 heavy (non-hydrogen) atoms. The van der Waals surface area contributed by atoms with E-state index in [-0.39, 0.29) is 0 Å². The topological polar surface area (TPSA) is 79.4 Å². The van der Waals surface area contributed by atoms with Crippen molar-refractivity contribution >= 4 is 17.5 Å². The Labute approximate surface area is 147 Å². The van der Waals surface area contributed by atoms with Crippen LogP contribution < -0.4 is 11.1 Å². The maximum atomic E-state index is 6.02. The molecule has 1 aromatic heterocycles. The van der Waals surface area contributed by atoms with Gasteiger partial charge in [-0.2, -0.15) is 0 Å². The Hall–Kier alpha value is -1.99. The molecule has 6 nitrogen and oxygen atoms in total. The molecular weight excluding hydrogens is 320 g/mol. The summed E-state index contributed by atoms with van der Waals surface area (Å²) in [6, 6.07) is 11.0. The largest absolute Gasteiger partial charge is 0.370 e. The Morgan fingerprint density at radius 2 is 2.08 bits per heavy atom. The quantitative estimate of drug-likeness (QED) is 0.640. The molecule has 0 bridgehead atoms. The number of nitrogens with two attached hydrogens (primary N) is 1. The molecule has 0 saturated carbocycles. The first-order valence-electron chi connectivity index (χ1n) is 8.31. The summed E-state index contributed by atoms with van der Waals surface area (Å²) < 4.78 is 3.91. The van der Waals surface area contributed by atoms with Gasteiger partial charge in [0.1, 0.15) is 0 Å². The summed E-state index contributed by atoms with van der Waals surface area (Å²) >= 11 is 1.38. The molecule has 0 unspecified atom stereocenters. The molecule has 3 N–H and O–H groups in total. The summed E-state index contributed by atoms with van der Waals surface area (Å²) in [5.41, 5.74) is 8.33. The van der Waals surface area contributed by atoms with Gasteiger partial charge in [-0.05, 0) is 36.9 Å². The molecule has 1 saturated heterocycles. The van der Waals surface area contributed by atoms with Gasteiger partial charge in [0, 0.05) is 25.7 Å². The molecular formula is C17H24N6S. The summed E-state index contributed by atoms with van der Waals surface area (Å²) in [4.78, 5) is 7.97. The van der Waals surface area contributed by atoms with Crippen molar-refractivity contribution in [3.63, 3.8) is 0 Å². The van der Waals surface area contributed by atoms with Crippen molar-refractivity contribution in [1.82, 2.24) is 19.8 Å². The van der Waals surface area contributed by atoms with E-state index in [0.717, 1.165) is 43.0 Å². The van der Waals surface area contributed by atoms with Gasteiger partial charge in [0.15, 0.2) is 5.96 Å². The number of aryl methyl sites for hydroxylation is 1. The number of nitrogens with zero attached hydrogens (tertiary/aromatic N) is 4. The Morgan fingerprint density at radius 1 is 1.33 bits per heavy atom. The van der Waals surface area contributed by atoms with Crippen LogP contribution in [0.4, 0.5) is 0 Å². The maximum absolute atomic E-state index is 6.02. The van der Waals surface area contributed by atoms with Gasteiger partial charge in [0.05, 0.1) is 17.1 Å². The van der Waals surface area contributed by atoms with E-state index in [1.54, 1.807) is 0 Å². The molecule has 0 radical (unpaired) electrons. The lowest BCUT2D eigenvalue weighted by atomic mass is 10.0. The predicted octanol–water partition coefficient (Wildman–Crippen LogP) is 1.92. The van der Waals surface area contributed by atoms with Crippen LogP contribution in [0, 0.1) is 6.92 Å². The normalized spacial score (nSPS) is 17.1. The zero-order valence-corrected chi connectivity index (χ0v) is 14.8. The first kappa shape index (κ1) is 16.9. The highest BCUT2D eigenvalue weighted by atomic mass is 32.1. The van der Waals surface area contributed by atoms with Gasteiger partial charge >= 0.3 is 0 Å². The number of nitrogens with one attached hydrogen (secondary N) is 1. The number of aliphatic imine (C=N–C) groups is 1. The van der Waals surface area contributed by atoms with Gasteiger partial charge in [-0.15, -0.1) is 5.10 Å². The van der Waals surface area contributed by atoms with E-state index in [1.807, 2.05) is 6.92 Å². The highest BCUT2D eigenvalue weighted by molar-refractivity contribution is 7.05. The van der Waals surface area contributed by atoms with Crippen molar-refractivity contribution in [2.75, 3.05) is 13.1 Å². The van der Waals surface area contributed by atoms with Gasteiger partial charge in [-0.25, -0.2) is 4.99 Å². The molecule has 7 heteroatoms. The minimum absolute atomic E-state index is 0.404. The number of hydrogen-bond donors (Lipinski definition) is 2. The third-order valence-electron chi connectivity index (χ3n) is 4.33. The van der Waals surface area contributed by atoms with E-state index in [9.17, 15) is 0 Å². The fourth-order valence-electron chi connectivity index (χ4n) is 2.88. The zero-order chi connectivity index (χ0) is 16.8. The molecule has 128 valence electrons. The first-order chi connectivity index (χ1) is 11.7. The molecule has 2 heterocycles. The molecule has 2 aromatic rings. The van der Waals surface area contributed by atoms with Crippen molar-refractivity contribution < 1.29 is 0 Å². The third kappa shape index (κ3) is 4.75. The van der Waals surface area contributed by atoms with Crippen molar-refractivity contribution in [2.45, 2.75) is 38.9 Å². The van der Waals surface area contributed by atoms with E-state index in [1.165, 1.54) is 17.1 Å². The van der Waals surface area contributed by atoms with Crippen molar-refractivity contribution in [3.05, 3.63) is 46.5 Å². The summed E-state index contributed by atoms with van der Waals surface area (Å²) in [6.07, 6.45) is 2.17. The van der Waals surface area contributed by atoms with Gasteiger partial charge in [0.2, 0.25) is 0 Å². The van der Waals surface area contributed by atoms with E-state index < -0.39 is 0 Å². The summed E-state index contributed by atoms with van der Waals surface area (Å²) in [7, 11) is 0. The molecule has 0 amide bonds. The highest BCUT2D eigenvalue weighted by Gasteiger charge is 2.19. The SMILES string of the molecule is Cc1nnsc1CN=C(N)NC1CCN(Cc2ccccc2)CC1. The number of rotatable bonds is 5. The van der Waals surface area contributed by atoms with Crippen molar-refractivity contribution in [3.8, 4) is 0 Å². The van der Waals surface area contributed by atoms with Crippen LogP contribution in [-0.2, 0) is 13.1 Å². The van der Waals surface area contributed by atoms with Gasteiger partial charge in [-0.1, -0.05) is 34.8 Å². The Bertz CT molecular complexity index is 661. The number of guanidine groups is 1. The Morgan fingerprint density at radius 3 is 2.75 bits per heavy atom. The van der Waals surface area contributed by atoms with Crippen LogP contribution in [0.25, 0.3) is 0 Å². The number of likely N-dealkylation sites (tertiary alicyclic amines) is 1. The van der Waals surface area contributed by atoms with Crippen molar-refractivity contribution in [2.24, 2.45) is 10.7 Å². The van der Waals surface area contributed by atoms with Gasteiger partial charge in [-0.3, -0.25) is 4.90 Å².